The van der Waals surface area contributed by atoms with Crippen LogP contribution >= 0.6 is 0 Å². The lowest BCUT2D eigenvalue weighted by Gasteiger charge is -2.14. The molecule has 3 aromatic rings. The van der Waals surface area contributed by atoms with Crippen LogP contribution in [-0.2, 0) is 23.6 Å². The van der Waals surface area contributed by atoms with Crippen LogP contribution in [0, 0.1) is 0 Å². The van der Waals surface area contributed by atoms with E-state index in [1.54, 1.807) is 12.1 Å². The lowest BCUT2D eigenvalue weighted by Crippen LogP contribution is -2.13. The van der Waals surface area contributed by atoms with Crippen LogP contribution in [0.3, 0.4) is 0 Å². The first-order valence-corrected chi connectivity index (χ1v) is 9.86. The van der Waals surface area contributed by atoms with Gasteiger partial charge in [0.2, 0.25) is 5.91 Å². The van der Waals surface area contributed by atoms with Crippen LogP contribution in [0.4, 0.5) is 26.3 Å². The molecular weight excluding hydrogens is 460 g/mol. The molecule has 0 fully saturated rings. The summed E-state index contributed by atoms with van der Waals surface area (Å²) in [7, 11) is 0. The minimum atomic E-state index is -5.00. The molecule has 0 saturated heterocycles. The van der Waals surface area contributed by atoms with E-state index in [-0.39, 0.29) is 23.2 Å². The molecule has 1 amide bonds. The van der Waals surface area contributed by atoms with Gasteiger partial charge in [0.15, 0.2) is 5.82 Å². The highest BCUT2D eigenvalue weighted by atomic mass is 19.4. The van der Waals surface area contributed by atoms with Gasteiger partial charge in [-0.2, -0.15) is 26.3 Å². The molecule has 1 heterocycles. The third-order valence-electron chi connectivity index (χ3n) is 5.17. The number of aromatic nitrogens is 2. The van der Waals surface area contributed by atoms with Gasteiger partial charge < -0.3 is 5.73 Å². The monoisotopic (exact) mass is 475 g/mol. The molecule has 2 aromatic carbocycles. The molecule has 4 rings (SSSR count). The van der Waals surface area contributed by atoms with Crippen molar-refractivity contribution in [3.05, 3.63) is 88.2 Å². The van der Waals surface area contributed by atoms with E-state index in [4.69, 9.17) is 5.73 Å². The van der Waals surface area contributed by atoms with E-state index in [0.29, 0.717) is 24.1 Å². The Morgan fingerprint density at radius 3 is 2.24 bits per heavy atom. The van der Waals surface area contributed by atoms with Gasteiger partial charge in [-0.3, -0.25) is 4.79 Å². The number of fused-ring (bicyclic) bond motifs is 1. The molecule has 1 aromatic heterocycles. The van der Waals surface area contributed by atoms with Gasteiger partial charge in [-0.1, -0.05) is 30.4 Å². The van der Waals surface area contributed by atoms with Crippen molar-refractivity contribution in [2.75, 3.05) is 0 Å². The van der Waals surface area contributed by atoms with Crippen molar-refractivity contribution in [1.29, 1.82) is 0 Å². The number of primary amides is 1. The number of allylic oxidation sites excluding steroid dienone is 1. The lowest BCUT2D eigenvalue weighted by molar-refractivity contribution is -0.143. The molecule has 0 saturated carbocycles. The normalized spacial score (nSPS) is 13.8. The Balaban J connectivity index is 1.79. The van der Waals surface area contributed by atoms with Crippen molar-refractivity contribution < 1.29 is 31.1 Å². The van der Waals surface area contributed by atoms with Crippen LogP contribution in [0.25, 0.3) is 29.1 Å². The fraction of sp³-hybridized carbons (Fsp3) is 0.125. The first-order chi connectivity index (χ1) is 15.9. The van der Waals surface area contributed by atoms with Gasteiger partial charge in [-0.25, -0.2) is 9.97 Å². The van der Waals surface area contributed by atoms with Gasteiger partial charge in [-0.15, -0.1) is 0 Å². The van der Waals surface area contributed by atoms with Crippen molar-refractivity contribution in [1.82, 2.24) is 9.97 Å². The predicted molar refractivity (Wildman–Crippen MR) is 114 cm³/mol. The van der Waals surface area contributed by atoms with E-state index in [1.165, 1.54) is 18.3 Å². The molecule has 174 valence electrons. The molecule has 0 aliphatic heterocycles. The van der Waals surface area contributed by atoms with E-state index < -0.39 is 35.0 Å². The number of alkyl halides is 6. The molecule has 0 bridgehead atoms. The molecule has 2 N–H and O–H groups in total. The Bertz CT molecular complexity index is 1310. The summed E-state index contributed by atoms with van der Waals surface area (Å²) < 4.78 is 79.2. The largest absolute Gasteiger partial charge is 0.416 e. The maximum absolute atomic E-state index is 13.2. The summed E-state index contributed by atoms with van der Waals surface area (Å²) >= 11 is 0. The molecule has 0 radical (unpaired) electrons. The highest BCUT2D eigenvalue weighted by molar-refractivity contribution is 6.23. The van der Waals surface area contributed by atoms with Gasteiger partial charge in [-0.05, 0) is 53.5 Å². The topological polar surface area (TPSA) is 68.9 Å². The fourth-order valence-corrected chi connectivity index (χ4v) is 3.55. The van der Waals surface area contributed by atoms with Crippen molar-refractivity contribution in [2.45, 2.75) is 18.8 Å². The van der Waals surface area contributed by atoms with Crippen molar-refractivity contribution in [3.63, 3.8) is 0 Å². The first-order valence-electron chi connectivity index (χ1n) is 9.86. The summed E-state index contributed by atoms with van der Waals surface area (Å²) in [5.41, 5.74) is 4.76. The molecule has 0 atom stereocenters. The van der Waals surface area contributed by atoms with Crippen LogP contribution in [0.15, 0.2) is 54.7 Å². The van der Waals surface area contributed by atoms with Crippen molar-refractivity contribution in [3.8, 4) is 11.4 Å². The molecule has 0 unspecified atom stereocenters. The van der Waals surface area contributed by atoms with Gasteiger partial charge in [0, 0.05) is 17.3 Å². The molecule has 0 spiro atoms. The maximum atomic E-state index is 13.2. The Morgan fingerprint density at radius 2 is 1.62 bits per heavy atom. The molecule has 10 heteroatoms. The van der Waals surface area contributed by atoms with E-state index in [2.05, 4.69) is 9.97 Å². The second kappa shape index (κ2) is 8.44. The molecular formula is C24H15F6N3O. The maximum Gasteiger partial charge on any atom is 0.416 e. The number of rotatable bonds is 4. The Kier molecular flexibility index (Phi) is 5.76. The van der Waals surface area contributed by atoms with Gasteiger partial charge >= 0.3 is 12.4 Å². The summed E-state index contributed by atoms with van der Waals surface area (Å²) in [6.45, 7) is 0. The quantitative estimate of drug-likeness (QED) is 0.385. The first kappa shape index (κ1) is 23.2. The van der Waals surface area contributed by atoms with Gasteiger partial charge in [0.25, 0.3) is 0 Å². The van der Waals surface area contributed by atoms with E-state index in [9.17, 15) is 31.1 Å². The lowest BCUT2D eigenvalue weighted by atomic mass is 9.99. The van der Waals surface area contributed by atoms with Crippen LogP contribution in [0.2, 0.25) is 0 Å². The van der Waals surface area contributed by atoms with Gasteiger partial charge in [0.05, 0.1) is 16.8 Å². The zero-order chi connectivity index (χ0) is 24.7. The van der Waals surface area contributed by atoms with Crippen molar-refractivity contribution >= 4 is 23.6 Å². The smallest absolute Gasteiger partial charge is 0.366 e. The number of halogens is 6. The molecule has 4 nitrogen and oxygen atoms in total. The predicted octanol–water partition coefficient (Wildman–Crippen LogP) is 5.78. The summed E-state index contributed by atoms with van der Waals surface area (Å²) in [5.74, 6) is -1.14. The summed E-state index contributed by atoms with van der Waals surface area (Å²) in [6, 6.07) is 7.77. The number of carbonyl (C=O) groups excluding carboxylic acids is 1. The highest BCUT2D eigenvalue weighted by Crippen LogP contribution is 2.38. The van der Waals surface area contributed by atoms with E-state index in [0.717, 1.165) is 11.1 Å². The molecule has 1 aliphatic rings. The van der Waals surface area contributed by atoms with E-state index in [1.807, 2.05) is 18.2 Å². The van der Waals surface area contributed by atoms with Crippen LogP contribution < -0.4 is 5.73 Å². The number of hydrogen-bond donors (Lipinski definition) is 1. The second-order valence-corrected chi connectivity index (χ2v) is 7.54. The minimum absolute atomic E-state index is 0.0289. The SMILES string of the molecule is NC(=O)/C(=C/c1ccnc(-c2cc(C(F)(F)F)cc(C(F)(F)F)c2)n1)c1ccc2c(c1)CC=C2. The fourth-order valence-electron chi connectivity index (χ4n) is 3.55. The third-order valence-corrected chi connectivity index (χ3v) is 5.17. The Labute approximate surface area is 189 Å². The molecule has 1 aliphatic carbocycles. The number of hydrogen-bond acceptors (Lipinski definition) is 3. The number of nitrogens with zero attached hydrogens (tertiary/aromatic N) is 2. The van der Waals surface area contributed by atoms with E-state index >= 15 is 0 Å². The van der Waals surface area contributed by atoms with Crippen molar-refractivity contribution in [2.24, 2.45) is 5.73 Å². The average molecular weight is 475 g/mol. The number of nitrogens with two attached hydrogens (primary N) is 1. The summed E-state index contributed by atoms with van der Waals surface area (Å²) in [5, 5.41) is 0. The minimum Gasteiger partial charge on any atom is -0.366 e. The Morgan fingerprint density at radius 1 is 0.941 bits per heavy atom. The van der Waals surface area contributed by atoms with Crippen LogP contribution in [0.1, 0.15) is 33.5 Å². The highest BCUT2D eigenvalue weighted by Gasteiger charge is 2.37. The number of carbonyl (C=O) groups is 1. The summed E-state index contributed by atoms with van der Waals surface area (Å²) in [6.07, 6.45) is -2.94. The summed E-state index contributed by atoms with van der Waals surface area (Å²) in [4.78, 5) is 20.0. The second-order valence-electron chi connectivity index (χ2n) is 7.54. The van der Waals surface area contributed by atoms with Gasteiger partial charge in [0.1, 0.15) is 0 Å². The van der Waals surface area contributed by atoms with Crippen LogP contribution in [-0.4, -0.2) is 15.9 Å². The number of benzene rings is 2. The standard InChI is InChI=1S/C24H15F6N3O/c25-23(26,27)17-9-16(10-18(11-17)24(28,29)30)22-32-7-6-19(33-22)12-20(21(31)34)15-5-4-13-2-1-3-14(13)8-15/h1-2,4-12H,3H2,(H2,31,34)/b20-12+. The zero-order valence-electron chi connectivity index (χ0n) is 17.2. The Hall–Kier alpha value is -3.95. The zero-order valence-corrected chi connectivity index (χ0v) is 17.2. The van der Waals surface area contributed by atoms with Crippen LogP contribution in [0.5, 0.6) is 0 Å². The average Bonchev–Trinajstić information content (AvgIpc) is 3.24. The number of amides is 1. The third kappa shape index (κ3) is 4.85. The molecule has 34 heavy (non-hydrogen) atoms.